The van der Waals surface area contributed by atoms with E-state index in [-0.39, 0.29) is 46.8 Å². The first kappa shape index (κ1) is 32.8. The number of ether oxygens (including phenoxy) is 1. The Morgan fingerprint density at radius 2 is 1.65 bits per heavy atom. The summed E-state index contributed by atoms with van der Waals surface area (Å²) in [6.07, 6.45) is 0.572. The van der Waals surface area contributed by atoms with E-state index in [1.807, 2.05) is 64.0 Å². The van der Waals surface area contributed by atoms with Crippen LogP contribution < -0.4 is 14.4 Å². The van der Waals surface area contributed by atoms with Gasteiger partial charge in [0.25, 0.3) is 15.9 Å². The van der Waals surface area contributed by atoms with Gasteiger partial charge in [0.15, 0.2) is 0 Å². The maximum atomic E-state index is 14.4. The maximum absolute atomic E-state index is 14.4. The van der Waals surface area contributed by atoms with Crippen molar-refractivity contribution < 1.29 is 17.9 Å². The number of carbonyl (C=O) groups excluding carboxylic acids is 1. The Morgan fingerprint density at radius 3 is 2.33 bits per heavy atom. The summed E-state index contributed by atoms with van der Waals surface area (Å²) in [5, 5.41) is 0. The van der Waals surface area contributed by atoms with Gasteiger partial charge in [-0.1, -0.05) is 45.0 Å². The topological polar surface area (TPSA) is 131 Å². The van der Waals surface area contributed by atoms with Crippen LogP contribution in [0.2, 0.25) is 0 Å². The van der Waals surface area contributed by atoms with E-state index in [1.54, 1.807) is 23.1 Å². The third kappa shape index (κ3) is 7.44. The van der Waals surface area contributed by atoms with Gasteiger partial charge in [-0.3, -0.25) is 4.79 Å². The van der Waals surface area contributed by atoms with Gasteiger partial charge in [-0.15, -0.1) is 0 Å². The second kappa shape index (κ2) is 12.7. The van der Waals surface area contributed by atoms with Gasteiger partial charge >= 0.3 is 0 Å². The molecule has 46 heavy (non-hydrogen) atoms. The van der Waals surface area contributed by atoms with Crippen LogP contribution in [0.3, 0.4) is 0 Å². The van der Waals surface area contributed by atoms with E-state index in [9.17, 15) is 13.2 Å². The van der Waals surface area contributed by atoms with Crippen LogP contribution in [0.15, 0.2) is 59.5 Å². The van der Waals surface area contributed by atoms with Gasteiger partial charge in [0, 0.05) is 43.0 Å². The molecule has 0 saturated carbocycles. The number of hydrogen-bond acceptors (Lipinski definition) is 9. The molecule has 0 spiro atoms. The summed E-state index contributed by atoms with van der Waals surface area (Å²) < 4.78 is 36.2. The van der Waals surface area contributed by atoms with Crippen molar-refractivity contribution in [1.82, 2.24) is 24.8 Å². The zero-order valence-electron chi connectivity index (χ0n) is 27.6. The first-order chi connectivity index (χ1) is 21.6. The SMILES string of the molecule is Cc1cc(N(C)C)nc(CN2C(=O)c3cccc(c3)S(=O)(=O)Nc3nc(cc(-c4c(C)cccc4C)n3)OC[C@H]2CC(C)(C)C)n1. The second-order valence-electron chi connectivity index (χ2n) is 13.2. The number of nitrogens with zero attached hydrogens (tertiary/aromatic N) is 6. The fraction of sp³-hybridized carbons (Fsp3) is 0.382. The molecule has 4 bridgehead atoms. The molecule has 1 amide bonds. The summed E-state index contributed by atoms with van der Waals surface area (Å²) in [5.41, 5.74) is 4.11. The molecule has 11 nitrogen and oxygen atoms in total. The number of aromatic nitrogens is 4. The molecule has 2 aromatic heterocycles. The van der Waals surface area contributed by atoms with Crippen LogP contribution in [0.25, 0.3) is 11.3 Å². The zero-order valence-corrected chi connectivity index (χ0v) is 28.4. The van der Waals surface area contributed by atoms with E-state index >= 15 is 0 Å². The summed E-state index contributed by atoms with van der Waals surface area (Å²) in [7, 11) is -0.377. The predicted molar refractivity (Wildman–Crippen MR) is 179 cm³/mol. The Hall–Kier alpha value is -4.58. The molecule has 5 rings (SSSR count). The van der Waals surface area contributed by atoms with Gasteiger partial charge in [0.05, 0.1) is 23.2 Å². The van der Waals surface area contributed by atoms with Crippen LogP contribution in [0.4, 0.5) is 11.8 Å². The molecule has 0 radical (unpaired) electrons. The van der Waals surface area contributed by atoms with E-state index < -0.39 is 16.1 Å². The largest absolute Gasteiger partial charge is 0.475 e. The molecule has 3 heterocycles. The first-order valence-corrected chi connectivity index (χ1v) is 16.6. The van der Waals surface area contributed by atoms with E-state index in [0.717, 1.165) is 28.2 Å². The van der Waals surface area contributed by atoms with Crippen LogP contribution >= 0.6 is 0 Å². The summed E-state index contributed by atoms with van der Waals surface area (Å²) in [4.78, 5) is 36.3. The Bertz CT molecular complexity index is 1870. The third-order valence-electron chi connectivity index (χ3n) is 7.69. The van der Waals surface area contributed by atoms with E-state index in [4.69, 9.17) is 9.72 Å². The lowest BCUT2D eigenvalue weighted by Crippen LogP contribution is -2.45. The normalized spacial score (nSPS) is 16.4. The van der Waals surface area contributed by atoms with E-state index in [2.05, 4.69) is 40.4 Å². The number of fused-ring (bicyclic) bond motifs is 4. The van der Waals surface area contributed by atoms with Gasteiger partial charge in [-0.25, -0.2) is 28.1 Å². The number of aryl methyl sites for hydroxylation is 3. The van der Waals surface area contributed by atoms with Crippen LogP contribution in [0, 0.1) is 26.2 Å². The maximum Gasteiger partial charge on any atom is 0.264 e. The van der Waals surface area contributed by atoms with Crippen molar-refractivity contribution in [3.63, 3.8) is 0 Å². The lowest BCUT2D eigenvalue weighted by atomic mass is 9.87. The second-order valence-corrected chi connectivity index (χ2v) is 14.8. The highest BCUT2D eigenvalue weighted by atomic mass is 32.2. The molecule has 4 aromatic rings. The third-order valence-corrected chi connectivity index (χ3v) is 9.01. The predicted octanol–water partition coefficient (Wildman–Crippen LogP) is 5.57. The molecule has 0 unspecified atom stereocenters. The molecule has 1 atom stereocenters. The Kier molecular flexibility index (Phi) is 9.03. The minimum Gasteiger partial charge on any atom is -0.475 e. The summed E-state index contributed by atoms with van der Waals surface area (Å²) >= 11 is 0. The summed E-state index contributed by atoms with van der Waals surface area (Å²) in [5.74, 6) is 0.882. The number of benzene rings is 2. The monoisotopic (exact) mass is 643 g/mol. The minimum absolute atomic E-state index is 0.0867. The van der Waals surface area contributed by atoms with Crippen molar-refractivity contribution in [2.75, 3.05) is 30.3 Å². The van der Waals surface area contributed by atoms with Crippen LogP contribution in [0.1, 0.15) is 60.2 Å². The van der Waals surface area contributed by atoms with Crippen LogP contribution in [0.5, 0.6) is 5.88 Å². The van der Waals surface area contributed by atoms with Gasteiger partial charge in [-0.05, 0) is 61.9 Å². The molecule has 1 aliphatic heterocycles. The number of carbonyl (C=O) groups is 1. The summed E-state index contributed by atoms with van der Waals surface area (Å²) in [6, 6.07) is 15.0. The average Bonchev–Trinajstić information content (AvgIpc) is 2.96. The van der Waals surface area contributed by atoms with Crippen molar-refractivity contribution in [2.24, 2.45) is 5.41 Å². The highest BCUT2D eigenvalue weighted by Crippen LogP contribution is 2.31. The molecule has 2 aromatic carbocycles. The quantitative estimate of drug-likeness (QED) is 0.297. The number of nitrogens with one attached hydrogen (secondary N) is 1. The lowest BCUT2D eigenvalue weighted by molar-refractivity contribution is 0.0505. The molecule has 12 heteroatoms. The highest BCUT2D eigenvalue weighted by molar-refractivity contribution is 7.92. The smallest absolute Gasteiger partial charge is 0.264 e. The fourth-order valence-corrected chi connectivity index (χ4v) is 6.60. The molecule has 0 aliphatic carbocycles. The molecule has 242 valence electrons. The fourth-order valence-electron chi connectivity index (χ4n) is 5.61. The van der Waals surface area contributed by atoms with Crippen molar-refractivity contribution in [3.05, 3.63) is 82.8 Å². The van der Waals surface area contributed by atoms with E-state index in [1.165, 1.54) is 12.1 Å². The van der Waals surface area contributed by atoms with Gasteiger partial charge in [0.2, 0.25) is 11.8 Å². The lowest BCUT2D eigenvalue weighted by Gasteiger charge is -2.35. The van der Waals surface area contributed by atoms with Gasteiger partial charge in [-0.2, -0.15) is 4.98 Å². The van der Waals surface area contributed by atoms with Crippen molar-refractivity contribution in [2.45, 2.75) is 65.4 Å². The molecule has 0 saturated heterocycles. The molecular formula is C34H41N7O4S. The van der Waals surface area contributed by atoms with Crippen LogP contribution in [-0.2, 0) is 16.6 Å². The number of rotatable bonds is 5. The Morgan fingerprint density at radius 1 is 0.957 bits per heavy atom. The Labute approximate surface area is 271 Å². The number of anilines is 2. The zero-order chi connectivity index (χ0) is 33.4. The molecule has 1 aliphatic rings. The highest BCUT2D eigenvalue weighted by Gasteiger charge is 2.32. The standard InChI is InChI=1S/C34H41N7O4S/c1-21-11-9-12-22(2)31(21)27-17-30-38-33(36-27)39-46(43,44)26-14-10-13-24(16-26)32(42)41(25(20-45-30)18-34(4,5)6)19-28-35-23(3)15-29(37-28)40(7)8/h9-17,25H,18-20H2,1-8H3,(H,36,38,39)/t25-/m1/s1. The first-order valence-electron chi connectivity index (χ1n) is 15.1. The number of sulfonamides is 1. The van der Waals surface area contributed by atoms with E-state index in [0.29, 0.717) is 17.9 Å². The van der Waals surface area contributed by atoms with Gasteiger partial charge < -0.3 is 14.5 Å². The molecular weight excluding hydrogens is 602 g/mol. The Balaban J connectivity index is 1.69. The minimum atomic E-state index is -4.17. The number of hydrogen-bond donors (Lipinski definition) is 1. The van der Waals surface area contributed by atoms with Crippen LogP contribution in [-0.4, -0.2) is 65.9 Å². The molecule has 0 fully saturated rings. The van der Waals surface area contributed by atoms with Gasteiger partial charge in [0.1, 0.15) is 18.2 Å². The summed E-state index contributed by atoms with van der Waals surface area (Å²) in [6.45, 7) is 12.3. The van der Waals surface area contributed by atoms with Crippen molar-refractivity contribution in [3.8, 4) is 17.1 Å². The average molecular weight is 644 g/mol. The van der Waals surface area contributed by atoms with Crippen molar-refractivity contribution >= 4 is 27.7 Å². The van der Waals surface area contributed by atoms with Crippen molar-refractivity contribution in [1.29, 1.82) is 0 Å². The molecule has 1 N–H and O–H groups in total. The number of amides is 1.